The van der Waals surface area contributed by atoms with Crippen LogP contribution in [0.1, 0.15) is 28.9 Å². The maximum atomic E-state index is 13.0. The van der Waals surface area contributed by atoms with Crippen LogP contribution in [-0.2, 0) is 6.54 Å². The van der Waals surface area contributed by atoms with Crippen LogP contribution in [0.5, 0.6) is 0 Å². The van der Waals surface area contributed by atoms with E-state index in [9.17, 15) is 4.79 Å². The van der Waals surface area contributed by atoms with E-state index in [1.807, 2.05) is 65.3 Å². The van der Waals surface area contributed by atoms with E-state index in [0.29, 0.717) is 5.56 Å². The van der Waals surface area contributed by atoms with E-state index in [0.717, 1.165) is 37.3 Å². The summed E-state index contributed by atoms with van der Waals surface area (Å²) in [6.07, 6.45) is 7.69. The van der Waals surface area contributed by atoms with Crippen molar-refractivity contribution in [1.82, 2.24) is 24.5 Å². The summed E-state index contributed by atoms with van der Waals surface area (Å²) in [6.45, 7) is 3.50. The van der Waals surface area contributed by atoms with Gasteiger partial charge in [0.2, 0.25) is 0 Å². The molecule has 1 saturated heterocycles. The van der Waals surface area contributed by atoms with Crippen LogP contribution in [0.4, 0.5) is 0 Å². The van der Waals surface area contributed by atoms with Crippen LogP contribution >= 0.6 is 0 Å². The molecule has 3 heterocycles. The highest BCUT2D eigenvalue weighted by molar-refractivity contribution is 5.95. The lowest BCUT2D eigenvalue weighted by atomic mass is 10.1. The summed E-state index contributed by atoms with van der Waals surface area (Å²) >= 11 is 0. The van der Waals surface area contributed by atoms with Crippen molar-refractivity contribution in [2.45, 2.75) is 32.4 Å². The van der Waals surface area contributed by atoms with Crippen LogP contribution in [0.15, 0.2) is 55.0 Å². The van der Waals surface area contributed by atoms with E-state index in [-0.39, 0.29) is 11.9 Å². The number of rotatable bonds is 4. The van der Waals surface area contributed by atoms with Crippen molar-refractivity contribution in [3.63, 3.8) is 0 Å². The number of nitrogens with zero attached hydrogens (tertiary/aromatic N) is 5. The first-order chi connectivity index (χ1) is 12.2. The first-order valence-electron chi connectivity index (χ1n) is 8.62. The summed E-state index contributed by atoms with van der Waals surface area (Å²) < 4.78 is 3.70. The summed E-state index contributed by atoms with van der Waals surface area (Å²) in [6, 6.07) is 11.7. The van der Waals surface area contributed by atoms with Crippen molar-refractivity contribution in [1.29, 1.82) is 0 Å². The zero-order chi connectivity index (χ0) is 17.2. The summed E-state index contributed by atoms with van der Waals surface area (Å²) in [5.74, 6) is 0.0837. The van der Waals surface area contributed by atoms with Crippen molar-refractivity contribution in [2.75, 3.05) is 6.54 Å². The van der Waals surface area contributed by atoms with Gasteiger partial charge in [-0.1, -0.05) is 6.07 Å². The number of likely N-dealkylation sites (tertiary alicyclic amines) is 1. The molecule has 1 amide bonds. The normalized spacial score (nSPS) is 17.2. The molecule has 0 radical (unpaired) electrons. The van der Waals surface area contributed by atoms with Gasteiger partial charge in [-0.25, -0.2) is 4.68 Å². The lowest BCUT2D eigenvalue weighted by Gasteiger charge is -2.25. The van der Waals surface area contributed by atoms with Crippen LogP contribution in [-0.4, -0.2) is 43.0 Å². The van der Waals surface area contributed by atoms with Gasteiger partial charge in [-0.3, -0.25) is 9.48 Å². The Morgan fingerprint density at radius 1 is 1.24 bits per heavy atom. The van der Waals surface area contributed by atoms with Crippen LogP contribution in [0.3, 0.4) is 0 Å². The smallest absolute Gasteiger partial charge is 0.254 e. The zero-order valence-corrected chi connectivity index (χ0v) is 14.2. The maximum absolute atomic E-state index is 13.0. The number of benzene rings is 1. The molecule has 0 unspecified atom stereocenters. The van der Waals surface area contributed by atoms with Crippen molar-refractivity contribution >= 4 is 5.91 Å². The molecule has 0 saturated carbocycles. The van der Waals surface area contributed by atoms with Crippen LogP contribution in [0, 0.1) is 6.92 Å². The van der Waals surface area contributed by atoms with Gasteiger partial charge in [0.15, 0.2) is 0 Å². The Labute approximate surface area is 146 Å². The number of aromatic nitrogens is 4. The molecule has 1 atom stereocenters. The van der Waals surface area contributed by atoms with E-state index >= 15 is 0 Å². The van der Waals surface area contributed by atoms with Crippen LogP contribution < -0.4 is 0 Å². The molecule has 1 fully saturated rings. The Bertz CT molecular complexity index is 868. The van der Waals surface area contributed by atoms with Gasteiger partial charge in [-0.05, 0) is 50.1 Å². The number of amides is 1. The average Bonchev–Trinajstić information content (AvgIpc) is 3.37. The van der Waals surface area contributed by atoms with Crippen molar-refractivity contribution < 1.29 is 4.79 Å². The minimum atomic E-state index is 0.0837. The Morgan fingerprint density at radius 2 is 2.16 bits per heavy atom. The highest BCUT2D eigenvalue weighted by Crippen LogP contribution is 2.22. The Morgan fingerprint density at radius 3 is 2.92 bits per heavy atom. The number of carbonyl (C=O) groups excluding carboxylic acids is 1. The van der Waals surface area contributed by atoms with E-state index in [4.69, 9.17) is 0 Å². The molecule has 1 aliphatic rings. The summed E-state index contributed by atoms with van der Waals surface area (Å²) in [5.41, 5.74) is 2.57. The molecule has 3 aromatic rings. The standard InChI is InChI=1S/C19H21N5O/c1-15-8-12-24(21-15)17-6-2-5-16(13-17)19(25)23-11-3-7-18(23)14-22-10-4-9-20-22/h2,4-6,8-10,12-13,18H,3,7,11,14H2,1H3/t18-/m0/s1. The van der Waals surface area contributed by atoms with E-state index < -0.39 is 0 Å². The van der Waals surface area contributed by atoms with Gasteiger partial charge in [0.25, 0.3) is 5.91 Å². The fourth-order valence-corrected chi connectivity index (χ4v) is 3.42. The first-order valence-corrected chi connectivity index (χ1v) is 8.62. The summed E-state index contributed by atoms with van der Waals surface area (Å²) in [4.78, 5) is 15.0. The first kappa shape index (κ1) is 15.6. The third-order valence-corrected chi connectivity index (χ3v) is 4.68. The molecule has 6 nitrogen and oxygen atoms in total. The molecule has 128 valence electrons. The van der Waals surface area contributed by atoms with Gasteiger partial charge in [-0.2, -0.15) is 10.2 Å². The largest absolute Gasteiger partial charge is 0.334 e. The quantitative estimate of drug-likeness (QED) is 0.736. The van der Waals surface area contributed by atoms with E-state index in [1.165, 1.54) is 0 Å². The lowest BCUT2D eigenvalue weighted by Crippen LogP contribution is -2.38. The number of aryl methyl sites for hydroxylation is 1. The molecule has 2 aromatic heterocycles. The minimum Gasteiger partial charge on any atom is -0.334 e. The lowest BCUT2D eigenvalue weighted by molar-refractivity contribution is 0.0721. The summed E-state index contributed by atoms with van der Waals surface area (Å²) in [7, 11) is 0. The molecular weight excluding hydrogens is 314 g/mol. The van der Waals surface area contributed by atoms with Gasteiger partial charge in [0.05, 0.1) is 24.0 Å². The third-order valence-electron chi connectivity index (χ3n) is 4.68. The Hall–Kier alpha value is -2.89. The highest BCUT2D eigenvalue weighted by Gasteiger charge is 2.29. The minimum absolute atomic E-state index is 0.0837. The fraction of sp³-hybridized carbons (Fsp3) is 0.316. The van der Waals surface area contributed by atoms with Crippen LogP contribution in [0.2, 0.25) is 0 Å². The molecule has 4 rings (SSSR count). The topological polar surface area (TPSA) is 56.0 Å². The van der Waals surface area contributed by atoms with Gasteiger partial charge in [0.1, 0.15) is 0 Å². The second-order valence-electron chi connectivity index (χ2n) is 6.47. The zero-order valence-electron chi connectivity index (χ0n) is 14.2. The molecule has 0 spiro atoms. The Kier molecular flexibility index (Phi) is 4.09. The van der Waals surface area contributed by atoms with Gasteiger partial charge in [0, 0.05) is 30.7 Å². The second kappa shape index (κ2) is 6.55. The second-order valence-corrected chi connectivity index (χ2v) is 6.47. The van der Waals surface area contributed by atoms with Crippen molar-refractivity contribution in [3.8, 4) is 5.69 Å². The van der Waals surface area contributed by atoms with Crippen molar-refractivity contribution in [2.24, 2.45) is 0 Å². The summed E-state index contributed by atoms with van der Waals surface area (Å²) in [5, 5.41) is 8.69. The van der Waals surface area contributed by atoms with Gasteiger partial charge >= 0.3 is 0 Å². The van der Waals surface area contributed by atoms with E-state index in [2.05, 4.69) is 10.2 Å². The molecule has 1 aromatic carbocycles. The average molecular weight is 335 g/mol. The molecule has 1 aliphatic heterocycles. The highest BCUT2D eigenvalue weighted by atomic mass is 16.2. The third kappa shape index (κ3) is 3.20. The fourth-order valence-electron chi connectivity index (χ4n) is 3.42. The monoisotopic (exact) mass is 335 g/mol. The molecular formula is C19H21N5O. The molecule has 6 heteroatoms. The molecule has 25 heavy (non-hydrogen) atoms. The molecule has 0 bridgehead atoms. The number of carbonyl (C=O) groups is 1. The predicted molar refractivity (Wildman–Crippen MR) is 94.6 cm³/mol. The SMILES string of the molecule is Cc1ccn(-c2cccc(C(=O)N3CCC[C@H]3Cn3cccn3)c2)n1. The van der Waals surface area contributed by atoms with Crippen LogP contribution in [0.25, 0.3) is 5.69 Å². The predicted octanol–water partition coefficient (Wildman–Crippen LogP) is 2.68. The van der Waals surface area contributed by atoms with Gasteiger partial charge in [-0.15, -0.1) is 0 Å². The molecule has 0 aliphatic carbocycles. The van der Waals surface area contributed by atoms with E-state index in [1.54, 1.807) is 10.9 Å². The van der Waals surface area contributed by atoms with Crippen molar-refractivity contribution in [3.05, 3.63) is 66.2 Å². The Balaban J connectivity index is 1.55. The number of hydrogen-bond donors (Lipinski definition) is 0. The number of hydrogen-bond acceptors (Lipinski definition) is 3. The van der Waals surface area contributed by atoms with Gasteiger partial charge < -0.3 is 4.90 Å². The molecule has 0 N–H and O–H groups in total. The maximum Gasteiger partial charge on any atom is 0.254 e.